The van der Waals surface area contributed by atoms with Crippen molar-refractivity contribution in [1.29, 1.82) is 0 Å². The molecule has 0 amide bonds. The second-order valence-electron chi connectivity index (χ2n) is 2.66. The van der Waals surface area contributed by atoms with Gasteiger partial charge in [-0.3, -0.25) is 0 Å². The molecule has 0 saturated carbocycles. The molecule has 0 radical (unpaired) electrons. The van der Waals surface area contributed by atoms with Crippen molar-refractivity contribution in [2.45, 2.75) is 6.42 Å². The molecule has 0 unspecified atom stereocenters. The summed E-state index contributed by atoms with van der Waals surface area (Å²) >= 11 is 6.05. The molecule has 0 N–H and O–H groups in total. The zero-order valence-corrected chi connectivity index (χ0v) is 7.52. The first-order valence-electron chi connectivity index (χ1n) is 3.81. The van der Waals surface area contributed by atoms with E-state index in [4.69, 9.17) is 21.1 Å². The second kappa shape index (κ2) is 2.87. The fraction of sp³-hybridized carbons (Fsp3) is 0.333. The first-order valence-corrected chi connectivity index (χ1v) is 4.19. The van der Waals surface area contributed by atoms with Crippen LogP contribution in [0, 0.1) is 0 Å². The average molecular weight is 185 g/mol. The van der Waals surface area contributed by atoms with E-state index in [0.29, 0.717) is 5.02 Å². The first kappa shape index (κ1) is 7.74. The van der Waals surface area contributed by atoms with Crippen molar-refractivity contribution < 1.29 is 9.47 Å². The van der Waals surface area contributed by atoms with E-state index in [0.717, 1.165) is 30.1 Å². The van der Waals surface area contributed by atoms with Crippen LogP contribution < -0.4 is 9.47 Å². The van der Waals surface area contributed by atoms with E-state index in [1.807, 2.05) is 12.1 Å². The normalized spacial score (nSPS) is 13.8. The molecule has 1 aliphatic heterocycles. The van der Waals surface area contributed by atoms with Crippen LogP contribution in [0.15, 0.2) is 12.1 Å². The van der Waals surface area contributed by atoms with Crippen LogP contribution in [-0.4, -0.2) is 13.7 Å². The van der Waals surface area contributed by atoms with Crippen molar-refractivity contribution in [2.75, 3.05) is 13.7 Å². The maximum Gasteiger partial charge on any atom is 0.138 e. The predicted octanol–water partition coefficient (Wildman–Crippen LogP) is 2.28. The van der Waals surface area contributed by atoms with Crippen molar-refractivity contribution in [1.82, 2.24) is 0 Å². The molecule has 3 heteroatoms. The van der Waals surface area contributed by atoms with Crippen LogP contribution in [0.1, 0.15) is 5.56 Å². The number of hydrogen-bond acceptors (Lipinski definition) is 2. The molecule has 0 fully saturated rings. The lowest BCUT2D eigenvalue weighted by Gasteiger charge is -2.05. The van der Waals surface area contributed by atoms with Crippen LogP contribution in [0.25, 0.3) is 0 Å². The highest BCUT2D eigenvalue weighted by Crippen LogP contribution is 2.37. The molecule has 0 saturated heterocycles. The molecule has 2 rings (SSSR count). The molecule has 0 aliphatic carbocycles. The van der Waals surface area contributed by atoms with Crippen molar-refractivity contribution in [3.05, 3.63) is 22.7 Å². The van der Waals surface area contributed by atoms with Crippen LogP contribution in [0.2, 0.25) is 5.02 Å². The highest BCUT2D eigenvalue weighted by molar-refractivity contribution is 6.33. The van der Waals surface area contributed by atoms with Crippen LogP contribution in [-0.2, 0) is 6.42 Å². The number of fused-ring (bicyclic) bond motifs is 1. The lowest BCUT2D eigenvalue weighted by molar-refractivity contribution is 0.356. The molecule has 1 aromatic rings. The number of rotatable bonds is 1. The average Bonchev–Trinajstić information content (AvgIpc) is 2.53. The molecule has 2 nitrogen and oxygen atoms in total. The van der Waals surface area contributed by atoms with Crippen molar-refractivity contribution >= 4 is 11.6 Å². The van der Waals surface area contributed by atoms with Gasteiger partial charge >= 0.3 is 0 Å². The number of benzene rings is 1. The minimum atomic E-state index is 0.688. The zero-order chi connectivity index (χ0) is 8.55. The molecule has 12 heavy (non-hydrogen) atoms. The van der Waals surface area contributed by atoms with E-state index in [-0.39, 0.29) is 0 Å². The third-order valence-corrected chi connectivity index (χ3v) is 2.41. The second-order valence-corrected chi connectivity index (χ2v) is 3.03. The van der Waals surface area contributed by atoms with Crippen molar-refractivity contribution in [3.63, 3.8) is 0 Å². The van der Waals surface area contributed by atoms with Crippen LogP contribution >= 0.6 is 11.6 Å². The molecule has 0 atom stereocenters. The molecular weight excluding hydrogens is 176 g/mol. The third kappa shape index (κ3) is 1.03. The van der Waals surface area contributed by atoms with E-state index in [1.54, 1.807) is 7.11 Å². The summed E-state index contributed by atoms with van der Waals surface area (Å²) in [5.41, 5.74) is 1.07. The molecular formula is C9H9ClO2. The molecule has 1 heterocycles. The standard InChI is InChI=1S/C9H9ClO2/c1-11-8-3-2-7-6(9(8)10)4-5-12-7/h2-3H,4-5H2,1H3. The Morgan fingerprint density at radius 2 is 2.33 bits per heavy atom. The van der Waals surface area contributed by atoms with Gasteiger partial charge in [-0.05, 0) is 12.1 Å². The lowest BCUT2D eigenvalue weighted by atomic mass is 10.1. The van der Waals surface area contributed by atoms with E-state index in [9.17, 15) is 0 Å². The van der Waals surface area contributed by atoms with Gasteiger partial charge in [-0.25, -0.2) is 0 Å². The number of methoxy groups -OCH3 is 1. The molecule has 1 aliphatic rings. The summed E-state index contributed by atoms with van der Waals surface area (Å²) in [5.74, 6) is 1.61. The maximum atomic E-state index is 6.05. The van der Waals surface area contributed by atoms with Gasteiger partial charge in [0.15, 0.2) is 0 Å². The Kier molecular flexibility index (Phi) is 1.85. The highest BCUT2D eigenvalue weighted by Gasteiger charge is 2.17. The number of hydrogen-bond donors (Lipinski definition) is 0. The Morgan fingerprint density at radius 1 is 1.50 bits per heavy atom. The fourth-order valence-corrected chi connectivity index (χ4v) is 1.70. The Hall–Kier alpha value is -0.890. The van der Waals surface area contributed by atoms with Gasteiger partial charge in [0.2, 0.25) is 0 Å². The Labute approximate surface area is 76.1 Å². The van der Waals surface area contributed by atoms with E-state index in [1.165, 1.54) is 0 Å². The van der Waals surface area contributed by atoms with Crippen LogP contribution in [0.4, 0.5) is 0 Å². The summed E-state index contributed by atoms with van der Waals surface area (Å²) in [4.78, 5) is 0. The number of halogens is 1. The van der Waals surface area contributed by atoms with Crippen LogP contribution in [0.3, 0.4) is 0 Å². The first-order chi connectivity index (χ1) is 5.83. The monoisotopic (exact) mass is 184 g/mol. The molecule has 0 bridgehead atoms. The van der Waals surface area contributed by atoms with Gasteiger partial charge in [-0.2, -0.15) is 0 Å². The van der Waals surface area contributed by atoms with E-state index in [2.05, 4.69) is 0 Å². The van der Waals surface area contributed by atoms with Crippen molar-refractivity contribution in [2.24, 2.45) is 0 Å². The maximum absolute atomic E-state index is 6.05. The summed E-state index contributed by atoms with van der Waals surface area (Å²) < 4.78 is 10.4. The zero-order valence-electron chi connectivity index (χ0n) is 6.76. The minimum absolute atomic E-state index is 0.688. The Morgan fingerprint density at radius 3 is 3.08 bits per heavy atom. The predicted molar refractivity (Wildman–Crippen MR) is 47.2 cm³/mol. The third-order valence-electron chi connectivity index (χ3n) is 1.99. The molecule has 64 valence electrons. The number of ether oxygens (including phenoxy) is 2. The quantitative estimate of drug-likeness (QED) is 0.667. The topological polar surface area (TPSA) is 18.5 Å². The van der Waals surface area contributed by atoms with Gasteiger partial charge < -0.3 is 9.47 Å². The summed E-state index contributed by atoms with van der Waals surface area (Å²) in [6.45, 7) is 0.724. The van der Waals surface area contributed by atoms with Crippen molar-refractivity contribution in [3.8, 4) is 11.5 Å². The van der Waals surface area contributed by atoms with Gasteiger partial charge in [0, 0.05) is 12.0 Å². The molecule has 0 aromatic heterocycles. The smallest absolute Gasteiger partial charge is 0.138 e. The summed E-state index contributed by atoms with van der Waals surface area (Å²) in [7, 11) is 1.61. The minimum Gasteiger partial charge on any atom is -0.495 e. The van der Waals surface area contributed by atoms with Gasteiger partial charge in [-0.1, -0.05) is 11.6 Å². The van der Waals surface area contributed by atoms with Gasteiger partial charge in [-0.15, -0.1) is 0 Å². The lowest BCUT2D eigenvalue weighted by Crippen LogP contribution is -1.87. The van der Waals surface area contributed by atoms with E-state index >= 15 is 0 Å². The van der Waals surface area contributed by atoms with E-state index < -0.39 is 0 Å². The molecule has 1 aromatic carbocycles. The largest absolute Gasteiger partial charge is 0.495 e. The van der Waals surface area contributed by atoms with Gasteiger partial charge in [0.05, 0.1) is 18.7 Å². The van der Waals surface area contributed by atoms with Crippen LogP contribution in [0.5, 0.6) is 11.5 Å². The van der Waals surface area contributed by atoms with Gasteiger partial charge in [0.25, 0.3) is 0 Å². The highest BCUT2D eigenvalue weighted by atomic mass is 35.5. The molecule has 0 spiro atoms. The van der Waals surface area contributed by atoms with Gasteiger partial charge in [0.1, 0.15) is 11.5 Å². The fourth-order valence-electron chi connectivity index (χ4n) is 1.37. The SMILES string of the molecule is COc1ccc2c(c1Cl)CCO2. The Balaban J connectivity index is 2.54. The Bertz CT molecular complexity index is 310. The summed E-state index contributed by atoms with van der Waals surface area (Å²) in [6, 6.07) is 3.72. The summed E-state index contributed by atoms with van der Waals surface area (Å²) in [6.07, 6.45) is 0.880. The summed E-state index contributed by atoms with van der Waals surface area (Å²) in [5, 5.41) is 0.688.